The van der Waals surface area contributed by atoms with Gasteiger partial charge in [-0.2, -0.15) is 0 Å². The first-order valence-corrected chi connectivity index (χ1v) is 9.80. The molecule has 0 aromatic heterocycles. The van der Waals surface area contributed by atoms with E-state index >= 15 is 0 Å². The third-order valence-corrected chi connectivity index (χ3v) is 5.61. The summed E-state index contributed by atoms with van der Waals surface area (Å²) in [5.74, 6) is 0.788. The van der Waals surface area contributed by atoms with Crippen molar-refractivity contribution in [3.05, 3.63) is 23.8 Å². The zero-order valence-corrected chi connectivity index (χ0v) is 17.1. The van der Waals surface area contributed by atoms with E-state index in [2.05, 4.69) is 31.4 Å². The number of carbonyl (C=O) groups excluding carboxylic acids is 2. The normalized spacial score (nSPS) is 20.7. The quantitative estimate of drug-likeness (QED) is 0.759. The molecule has 0 aliphatic heterocycles. The van der Waals surface area contributed by atoms with Gasteiger partial charge in [0.05, 0.1) is 0 Å². The molecular formula is C22H34N2O2. The predicted octanol–water partition coefficient (Wildman–Crippen LogP) is 5.38. The Morgan fingerprint density at radius 2 is 1.65 bits per heavy atom. The SMILES string of the molecule is Cc1ccc(NC(=O)C(C)C)cc1NC(=O)C1CCC(C(C)(C)C)CC1. The van der Waals surface area contributed by atoms with Crippen LogP contribution in [0.1, 0.15) is 65.9 Å². The summed E-state index contributed by atoms with van der Waals surface area (Å²) >= 11 is 0. The number of benzene rings is 1. The van der Waals surface area contributed by atoms with Crippen LogP contribution < -0.4 is 10.6 Å². The minimum Gasteiger partial charge on any atom is -0.326 e. The van der Waals surface area contributed by atoms with Crippen LogP contribution in [0.5, 0.6) is 0 Å². The third-order valence-electron chi connectivity index (χ3n) is 5.61. The summed E-state index contributed by atoms with van der Waals surface area (Å²) in [5.41, 5.74) is 2.83. The van der Waals surface area contributed by atoms with Crippen molar-refractivity contribution in [2.75, 3.05) is 10.6 Å². The summed E-state index contributed by atoms with van der Waals surface area (Å²) in [7, 11) is 0. The Morgan fingerprint density at radius 1 is 1.04 bits per heavy atom. The van der Waals surface area contributed by atoms with Gasteiger partial charge >= 0.3 is 0 Å². The fourth-order valence-electron chi connectivity index (χ4n) is 3.58. The average Bonchev–Trinajstić information content (AvgIpc) is 2.57. The van der Waals surface area contributed by atoms with E-state index in [1.54, 1.807) is 0 Å². The maximum Gasteiger partial charge on any atom is 0.227 e. The number of hydrogen-bond acceptors (Lipinski definition) is 2. The summed E-state index contributed by atoms with van der Waals surface area (Å²) in [6.45, 7) is 12.6. The van der Waals surface area contributed by atoms with Crippen LogP contribution in [0.15, 0.2) is 18.2 Å². The van der Waals surface area contributed by atoms with Gasteiger partial charge in [0, 0.05) is 23.2 Å². The molecule has 1 saturated carbocycles. The zero-order valence-electron chi connectivity index (χ0n) is 17.1. The van der Waals surface area contributed by atoms with Crippen molar-refractivity contribution in [3.8, 4) is 0 Å². The molecule has 1 aliphatic rings. The average molecular weight is 359 g/mol. The molecule has 144 valence electrons. The van der Waals surface area contributed by atoms with Crippen molar-refractivity contribution in [2.45, 2.75) is 67.2 Å². The van der Waals surface area contributed by atoms with Crippen molar-refractivity contribution < 1.29 is 9.59 Å². The van der Waals surface area contributed by atoms with Crippen molar-refractivity contribution in [2.24, 2.45) is 23.2 Å². The largest absolute Gasteiger partial charge is 0.326 e. The molecule has 0 atom stereocenters. The molecule has 1 aromatic carbocycles. The number of nitrogens with one attached hydrogen (secondary N) is 2. The molecule has 0 bridgehead atoms. The first-order valence-electron chi connectivity index (χ1n) is 9.80. The predicted molar refractivity (Wildman–Crippen MR) is 108 cm³/mol. The lowest BCUT2D eigenvalue weighted by Gasteiger charge is -2.36. The minimum absolute atomic E-state index is 0.0216. The van der Waals surface area contributed by atoms with E-state index in [9.17, 15) is 9.59 Å². The molecule has 4 nitrogen and oxygen atoms in total. The Hall–Kier alpha value is -1.84. The van der Waals surface area contributed by atoms with E-state index in [4.69, 9.17) is 0 Å². The fourth-order valence-corrected chi connectivity index (χ4v) is 3.58. The van der Waals surface area contributed by atoms with Gasteiger partial charge in [-0.1, -0.05) is 40.7 Å². The van der Waals surface area contributed by atoms with E-state index in [1.165, 1.54) is 0 Å². The maximum atomic E-state index is 12.7. The Kier molecular flexibility index (Phi) is 6.48. The molecule has 2 rings (SSSR count). The second-order valence-corrected chi connectivity index (χ2v) is 9.08. The minimum atomic E-state index is -0.0765. The molecule has 26 heavy (non-hydrogen) atoms. The number of amides is 2. The first-order chi connectivity index (χ1) is 12.1. The molecule has 0 unspecified atom stereocenters. The van der Waals surface area contributed by atoms with E-state index in [0.717, 1.165) is 42.6 Å². The molecule has 4 heteroatoms. The van der Waals surface area contributed by atoms with Crippen LogP contribution in [-0.4, -0.2) is 11.8 Å². The Balaban J connectivity index is 2.00. The van der Waals surface area contributed by atoms with Crippen LogP contribution in [-0.2, 0) is 9.59 Å². The smallest absolute Gasteiger partial charge is 0.227 e. The monoisotopic (exact) mass is 358 g/mol. The second kappa shape index (κ2) is 8.24. The molecule has 1 aliphatic carbocycles. The van der Waals surface area contributed by atoms with E-state index < -0.39 is 0 Å². The molecular weight excluding hydrogens is 324 g/mol. The summed E-state index contributed by atoms with van der Waals surface area (Å²) in [5, 5.41) is 5.98. The molecule has 0 radical (unpaired) electrons. The Morgan fingerprint density at radius 3 is 2.19 bits per heavy atom. The standard InChI is InChI=1S/C22H34N2O2/c1-14(2)20(25)23-18-12-7-15(3)19(13-18)24-21(26)16-8-10-17(11-9-16)22(4,5)6/h7,12-14,16-17H,8-11H2,1-6H3,(H,23,25)(H,24,26). The Labute approximate surface area is 158 Å². The molecule has 0 heterocycles. The van der Waals surface area contributed by atoms with E-state index in [-0.39, 0.29) is 23.7 Å². The fraction of sp³-hybridized carbons (Fsp3) is 0.636. The van der Waals surface area contributed by atoms with Crippen LogP contribution in [0.4, 0.5) is 11.4 Å². The molecule has 0 spiro atoms. The van der Waals surface area contributed by atoms with Crippen molar-refractivity contribution >= 4 is 23.2 Å². The highest BCUT2D eigenvalue weighted by molar-refractivity contribution is 5.96. The number of rotatable bonds is 4. The van der Waals surface area contributed by atoms with Crippen LogP contribution in [0, 0.1) is 30.1 Å². The molecule has 0 saturated heterocycles. The summed E-state index contributed by atoms with van der Waals surface area (Å²) in [6.07, 6.45) is 4.14. The number of carbonyl (C=O) groups is 2. The highest BCUT2D eigenvalue weighted by Crippen LogP contribution is 2.40. The molecule has 2 N–H and O–H groups in total. The molecule has 1 aromatic rings. The molecule has 2 amide bonds. The van der Waals surface area contributed by atoms with Crippen molar-refractivity contribution in [1.82, 2.24) is 0 Å². The lowest BCUT2D eigenvalue weighted by atomic mass is 9.69. The lowest BCUT2D eigenvalue weighted by molar-refractivity contribution is -0.121. The number of anilines is 2. The first kappa shape index (κ1) is 20.5. The van der Waals surface area contributed by atoms with Crippen LogP contribution in [0.3, 0.4) is 0 Å². The van der Waals surface area contributed by atoms with Gasteiger partial charge in [0.1, 0.15) is 0 Å². The Bertz CT molecular complexity index is 651. The number of aryl methyl sites for hydroxylation is 1. The van der Waals surface area contributed by atoms with Gasteiger partial charge in [0.15, 0.2) is 0 Å². The topological polar surface area (TPSA) is 58.2 Å². The van der Waals surface area contributed by atoms with Crippen LogP contribution in [0.2, 0.25) is 0 Å². The van der Waals surface area contributed by atoms with Gasteiger partial charge in [0.2, 0.25) is 11.8 Å². The van der Waals surface area contributed by atoms with E-state index in [1.807, 2.05) is 39.0 Å². The van der Waals surface area contributed by atoms with Gasteiger partial charge in [-0.05, 0) is 61.6 Å². The zero-order chi connectivity index (χ0) is 19.5. The summed E-state index contributed by atoms with van der Waals surface area (Å²) < 4.78 is 0. The van der Waals surface area contributed by atoms with Crippen molar-refractivity contribution in [1.29, 1.82) is 0 Å². The highest BCUT2D eigenvalue weighted by atomic mass is 16.2. The van der Waals surface area contributed by atoms with Gasteiger partial charge in [0.25, 0.3) is 0 Å². The summed E-state index contributed by atoms with van der Waals surface area (Å²) in [4.78, 5) is 24.6. The van der Waals surface area contributed by atoms with Crippen molar-refractivity contribution in [3.63, 3.8) is 0 Å². The summed E-state index contributed by atoms with van der Waals surface area (Å²) in [6, 6.07) is 5.66. The lowest BCUT2D eigenvalue weighted by Crippen LogP contribution is -2.31. The van der Waals surface area contributed by atoms with Crippen LogP contribution >= 0.6 is 0 Å². The van der Waals surface area contributed by atoms with Gasteiger partial charge < -0.3 is 10.6 Å². The van der Waals surface area contributed by atoms with Gasteiger partial charge in [-0.15, -0.1) is 0 Å². The van der Waals surface area contributed by atoms with Gasteiger partial charge in [-0.3, -0.25) is 9.59 Å². The number of hydrogen-bond donors (Lipinski definition) is 2. The molecule has 1 fully saturated rings. The van der Waals surface area contributed by atoms with E-state index in [0.29, 0.717) is 11.3 Å². The van der Waals surface area contributed by atoms with Gasteiger partial charge in [-0.25, -0.2) is 0 Å². The second-order valence-electron chi connectivity index (χ2n) is 9.08. The maximum absolute atomic E-state index is 12.7. The van der Waals surface area contributed by atoms with Crippen LogP contribution in [0.25, 0.3) is 0 Å². The third kappa shape index (κ3) is 5.33. The highest BCUT2D eigenvalue weighted by Gasteiger charge is 2.32.